The average Bonchev–Trinajstić information content (AvgIpc) is 3.21. The molecule has 5 nitrogen and oxygen atoms in total. The number of nitrogens with zero attached hydrogens (tertiary/aromatic N) is 2. The number of benzene rings is 2. The van der Waals surface area contributed by atoms with Crippen molar-refractivity contribution in [2.45, 2.75) is 22.8 Å². The highest BCUT2D eigenvalue weighted by Crippen LogP contribution is 2.31. The maximum atomic E-state index is 13.1. The lowest BCUT2D eigenvalue weighted by molar-refractivity contribution is -0.274. The Balaban J connectivity index is 1.67. The van der Waals surface area contributed by atoms with Crippen LogP contribution in [0.1, 0.15) is 16.1 Å². The molecule has 0 saturated heterocycles. The number of Topliss-reactive ketones (excluding diaryl/α,β-unsaturated/α-hetero) is 1. The minimum absolute atomic E-state index is 0.0671. The molecule has 0 bridgehead atoms. The van der Waals surface area contributed by atoms with Crippen LogP contribution in [-0.2, 0) is 6.42 Å². The first kappa shape index (κ1) is 21.5. The quantitative estimate of drug-likeness (QED) is 0.298. The third-order valence-corrected chi connectivity index (χ3v) is 6.47. The van der Waals surface area contributed by atoms with Gasteiger partial charge in [-0.25, -0.2) is 4.98 Å². The van der Waals surface area contributed by atoms with Crippen LogP contribution in [0.25, 0.3) is 5.69 Å². The van der Waals surface area contributed by atoms with Crippen LogP contribution >= 0.6 is 23.5 Å². The first-order chi connectivity index (χ1) is 14.8. The molecule has 0 aliphatic carbocycles. The van der Waals surface area contributed by atoms with Crippen LogP contribution in [0.2, 0.25) is 0 Å². The molecule has 4 rings (SSSR count). The van der Waals surface area contributed by atoms with E-state index in [-0.39, 0.29) is 22.8 Å². The number of thioether (sulfide) groups is 2. The Bertz CT molecular complexity index is 1160. The predicted octanol–water partition coefficient (Wildman–Crippen LogP) is 4.75. The molecular formula is C21H15F3N2O3S2. The van der Waals surface area contributed by atoms with Gasteiger partial charge in [-0.2, -0.15) is 0 Å². The van der Waals surface area contributed by atoms with Gasteiger partial charge in [-0.3, -0.25) is 14.2 Å². The van der Waals surface area contributed by atoms with E-state index >= 15 is 0 Å². The summed E-state index contributed by atoms with van der Waals surface area (Å²) in [6, 6.07) is 13.8. The van der Waals surface area contributed by atoms with Gasteiger partial charge in [-0.05, 0) is 24.3 Å². The number of aromatic nitrogens is 2. The van der Waals surface area contributed by atoms with Crippen LogP contribution in [0.4, 0.5) is 13.2 Å². The van der Waals surface area contributed by atoms with Crippen molar-refractivity contribution in [3.05, 3.63) is 76.2 Å². The number of rotatable bonds is 6. The van der Waals surface area contributed by atoms with Gasteiger partial charge >= 0.3 is 6.36 Å². The molecule has 10 heteroatoms. The van der Waals surface area contributed by atoms with Crippen LogP contribution in [0.3, 0.4) is 0 Å². The number of alkyl halides is 3. The van der Waals surface area contributed by atoms with E-state index < -0.39 is 6.36 Å². The van der Waals surface area contributed by atoms with Gasteiger partial charge in [0.1, 0.15) is 5.75 Å². The van der Waals surface area contributed by atoms with Gasteiger partial charge in [0, 0.05) is 17.7 Å². The molecule has 2 heterocycles. The number of fused-ring (bicyclic) bond motifs is 1. The molecule has 1 aromatic heterocycles. The highest BCUT2D eigenvalue weighted by atomic mass is 32.2. The molecule has 0 saturated carbocycles. The molecule has 3 aromatic rings. The van der Waals surface area contributed by atoms with Crippen molar-refractivity contribution in [1.29, 1.82) is 0 Å². The fourth-order valence-electron chi connectivity index (χ4n) is 3.05. The van der Waals surface area contributed by atoms with E-state index in [0.29, 0.717) is 33.4 Å². The molecule has 1 aliphatic rings. The van der Waals surface area contributed by atoms with Gasteiger partial charge < -0.3 is 4.74 Å². The summed E-state index contributed by atoms with van der Waals surface area (Å²) in [5.41, 5.74) is 1.27. The lowest BCUT2D eigenvalue weighted by Crippen LogP contribution is -2.24. The Morgan fingerprint density at radius 2 is 1.84 bits per heavy atom. The van der Waals surface area contributed by atoms with Crippen molar-refractivity contribution in [2.75, 3.05) is 11.5 Å². The number of halogens is 3. The Morgan fingerprint density at radius 3 is 2.52 bits per heavy atom. The van der Waals surface area contributed by atoms with Gasteiger partial charge in [-0.1, -0.05) is 42.1 Å². The highest BCUT2D eigenvalue weighted by molar-refractivity contribution is 8.00. The molecule has 0 radical (unpaired) electrons. The highest BCUT2D eigenvalue weighted by Gasteiger charge is 2.31. The lowest BCUT2D eigenvalue weighted by atomic mass is 10.2. The molecule has 0 spiro atoms. The van der Waals surface area contributed by atoms with E-state index in [4.69, 9.17) is 0 Å². The van der Waals surface area contributed by atoms with E-state index in [1.807, 2.05) is 6.07 Å². The summed E-state index contributed by atoms with van der Waals surface area (Å²) in [6.45, 7) is 0. The first-order valence-corrected chi connectivity index (χ1v) is 11.1. The lowest BCUT2D eigenvalue weighted by Gasteiger charge is -2.14. The molecule has 160 valence electrons. The Hall–Kier alpha value is -2.72. The Kier molecular flexibility index (Phi) is 6.10. The normalized spacial score (nSPS) is 13.1. The summed E-state index contributed by atoms with van der Waals surface area (Å²) in [7, 11) is 0. The summed E-state index contributed by atoms with van der Waals surface area (Å²) in [5, 5.41) is 0.319. The van der Waals surface area contributed by atoms with Crippen molar-refractivity contribution in [3.63, 3.8) is 0 Å². The van der Waals surface area contributed by atoms with Gasteiger partial charge in [-0.15, -0.1) is 24.9 Å². The predicted molar refractivity (Wildman–Crippen MR) is 112 cm³/mol. The number of aryl methyl sites for hydroxylation is 1. The zero-order chi connectivity index (χ0) is 22.0. The second-order valence-corrected chi connectivity index (χ2v) is 8.58. The fourth-order valence-corrected chi connectivity index (χ4v) is 5.00. The topological polar surface area (TPSA) is 61.2 Å². The number of hydrogen-bond acceptors (Lipinski definition) is 6. The van der Waals surface area contributed by atoms with Crippen LogP contribution < -0.4 is 10.3 Å². The molecule has 0 amide bonds. The van der Waals surface area contributed by atoms with E-state index in [9.17, 15) is 22.8 Å². The Labute approximate surface area is 183 Å². The van der Waals surface area contributed by atoms with Gasteiger partial charge in [0.05, 0.1) is 22.0 Å². The molecule has 0 N–H and O–H groups in total. The molecule has 0 fully saturated rings. The van der Waals surface area contributed by atoms with Crippen molar-refractivity contribution < 1.29 is 22.7 Å². The zero-order valence-corrected chi connectivity index (χ0v) is 17.5. The summed E-state index contributed by atoms with van der Waals surface area (Å²) < 4.78 is 42.5. The number of carbonyl (C=O) groups excluding carboxylic acids is 1. The SMILES string of the molecule is O=C(CSc1nc2c(c(=O)n1-c1ccc(OC(F)(F)F)cc1)SCC2)c1ccccc1. The van der Waals surface area contributed by atoms with Crippen LogP contribution in [-0.4, -0.2) is 33.2 Å². The summed E-state index contributed by atoms with van der Waals surface area (Å²) >= 11 is 2.52. The van der Waals surface area contributed by atoms with Gasteiger partial charge in [0.15, 0.2) is 10.9 Å². The largest absolute Gasteiger partial charge is 0.573 e. The maximum Gasteiger partial charge on any atom is 0.573 e. The van der Waals surface area contributed by atoms with Crippen LogP contribution in [0.15, 0.2) is 69.4 Å². The molecule has 2 aromatic carbocycles. The molecule has 1 aliphatic heterocycles. The van der Waals surface area contributed by atoms with Crippen molar-refractivity contribution >= 4 is 29.3 Å². The Morgan fingerprint density at radius 1 is 1.13 bits per heavy atom. The second-order valence-electron chi connectivity index (χ2n) is 6.53. The maximum absolute atomic E-state index is 13.1. The monoisotopic (exact) mass is 464 g/mol. The third kappa shape index (κ3) is 4.96. The standard InChI is InChI=1S/C21H15F3N2O3S2/c22-21(23,24)29-15-8-6-14(7-9-15)26-19(28)18-16(10-11-30-18)25-20(26)31-12-17(27)13-4-2-1-3-5-13/h1-9H,10-12H2. The van der Waals surface area contributed by atoms with Gasteiger partial charge in [0.25, 0.3) is 5.56 Å². The summed E-state index contributed by atoms with van der Waals surface area (Å²) in [5.74, 6) is 0.293. The third-order valence-electron chi connectivity index (χ3n) is 4.42. The molecule has 0 unspecified atom stereocenters. The fraction of sp³-hybridized carbons (Fsp3) is 0.190. The van der Waals surface area contributed by atoms with Gasteiger partial charge in [0.2, 0.25) is 0 Å². The average molecular weight is 464 g/mol. The van der Waals surface area contributed by atoms with Crippen molar-refractivity contribution in [2.24, 2.45) is 0 Å². The van der Waals surface area contributed by atoms with Crippen molar-refractivity contribution in [1.82, 2.24) is 9.55 Å². The number of hydrogen-bond donors (Lipinski definition) is 0. The van der Waals surface area contributed by atoms with E-state index in [0.717, 1.165) is 29.6 Å². The molecule has 0 atom stereocenters. The number of ether oxygens (including phenoxy) is 1. The summed E-state index contributed by atoms with van der Waals surface area (Å²) in [4.78, 5) is 30.7. The number of carbonyl (C=O) groups is 1. The minimum Gasteiger partial charge on any atom is -0.406 e. The summed E-state index contributed by atoms with van der Waals surface area (Å²) in [6.07, 6.45) is -4.16. The minimum atomic E-state index is -4.80. The molecular weight excluding hydrogens is 449 g/mol. The van der Waals surface area contributed by atoms with E-state index in [2.05, 4.69) is 9.72 Å². The first-order valence-electron chi connectivity index (χ1n) is 9.18. The van der Waals surface area contributed by atoms with E-state index in [1.165, 1.54) is 28.5 Å². The zero-order valence-electron chi connectivity index (χ0n) is 15.9. The van der Waals surface area contributed by atoms with E-state index in [1.54, 1.807) is 24.3 Å². The van der Waals surface area contributed by atoms with Crippen LogP contribution in [0.5, 0.6) is 5.75 Å². The van der Waals surface area contributed by atoms with Crippen molar-refractivity contribution in [3.8, 4) is 11.4 Å². The number of ketones is 1. The van der Waals surface area contributed by atoms with Crippen LogP contribution in [0, 0.1) is 0 Å². The second kappa shape index (κ2) is 8.80. The molecule has 31 heavy (non-hydrogen) atoms. The smallest absolute Gasteiger partial charge is 0.406 e.